The lowest BCUT2D eigenvalue weighted by atomic mass is 9.83. The number of aromatic nitrogens is 1. The largest absolute Gasteiger partial charge is 0.438 e. The van der Waals surface area contributed by atoms with E-state index in [4.69, 9.17) is 15.5 Å². The average molecular weight is 474 g/mol. The minimum atomic E-state index is -0.504. The molecule has 0 saturated carbocycles. The first kappa shape index (κ1) is 13.8. The van der Waals surface area contributed by atoms with Gasteiger partial charge >= 0.3 is 0 Å². The molecule has 0 fully saturated rings. The van der Waals surface area contributed by atoms with Gasteiger partial charge in [0.1, 0.15) is 11.3 Å². The molecule has 0 saturated heterocycles. The summed E-state index contributed by atoms with van der Waals surface area (Å²) in [6, 6.07) is 8.13. The molecule has 0 unspecified atom stereocenters. The fourth-order valence-electron chi connectivity index (χ4n) is 2.67. The number of fused-ring (bicyclic) bond motifs is 4. The van der Waals surface area contributed by atoms with Gasteiger partial charge in [0.2, 0.25) is 5.88 Å². The fourth-order valence-corrected chi connectivity index (χ4v) is 4.45. The highest BCUT2D eigenvalue weighted by molar-refractivity contribution is 14.1. The summed E-state index contributed by atoms with van der Waals surface area (Å²) in [5.74, 6) is 2.17. The van der Waals surface area contributed by atoms with Crippen LogP contribution >= 0.6 is 50.3 Å². The summed E-state index contributed by atoms with van der Waals surface area (Å²) in [4.78, 5) is 9.15. The lowest BCUT2D eigenvalue weighted by Gasteiger charge is -2.33. The highest BCUT2D eigenvalue weighted by Crippen LogP contribution is 2.52. The zero-order chi connectivity index (χ0) is 14.6. The van der Waals surface area contributed by atoms with Crippen LogP contribution in [0.2, 0.25) is 0 Å². The molecule has 4 rings (SSSR count). The molecule has 2 aliphatic rings. The normalized spacial score (nSPS) is 22.5. The number of ether oxygens (including phenoxy) is 1. The minimum absolute atomic E-state index is 0.504. The van der Waals surface area contributed by atoms with E-state index in [1.165, 1.54) is 0 Å². The number of hydrogen-bond donors (Lipinski definition) is 1. The Morgan fingerprint density at radius 2 is 2.19 bits per heavy atom. The van der Waals surface area contributed by atoms with Gasteiger partial charge in [-0.15, -0.1) is 0 Å². The minimum Gasteiger partial charge on any atom is -0.438 e. The van der Waals surface area contributed by atoms with Crippen LogP contribution in [0, 0.1) is 3.57 Å². The van der Waals surface area contributed by atoms with Crippen molar-refractivity contribution in [1.29, 1.82) is 0 Å². The topological polar surface area (TPSA) is 60.5 Å². The Kier molecular flexibility index (Phi) is 3.20. The number of amidine groups is 1. The van der Waals surface area contributed by atoms with E-state index in [1.54, 1.807) is 18.0 Å². The van der Waals surface area contributed by atoms with Gasteiger partial charge in [0.15, 0.2) is 5.17 Å². The summed E-state index contributed by atoms with van der Waals surface area (Å²) in [5.41, 5.74) is 7.47. The van der Waals surface area contributed by atoms with Crippen LogP contribution in [0.3, 0.4) is 0 Å². The number of benzene rings is 1. The number of aliphatic imine (C=N–C) groups is 1. The molecule has 3 heterocycles. The quantitative estimate of drug-likeness (QED) is 0.590. The van der Waals surface area contributed by atoms with Crippen molar-refractivity contribution in [2.45, 2.75) is 5.54 Å². The number of halogens is 2. The number of rotatable bonds is 0. The Morgan fingerprint density at radius 1 is 1.33 bits per heavy atom. The van der Waals surface area contributed by atoms with Crippen molar-refractivity contribution in [3.05, 3.63) is 49.6 Å². The highest BCUT2D eigenvalue weighted by Gasteiger charge is 2.46. The molecule has 1 spiro atoms. The van der Waals surface area contributed by atoms with Crippen LogP contribution in [-0.2, 0) is 5.54 Å². The molecule has 2 aliphatic heterocycles. The van der Waals surface area contributed by atoms with Crippen molar-refractivity contribution in [2.75, 3.05) is 5.75 Å². The van der Waals surface area contributed by atoms with Crippen LogP contribution in [0.4, 0.5) is 0 Å². The maximum atomic E-state index is 5.97. The molecule has 7 heteroatoms. The van der Waals surface area contributed by atoms with Crippen LogP contribution < -0.4 is 10.5 Å². The molecule has 1 aromatic carbocycles. The molecule has 106 valence electrons. The van der Waals surface area contributed by atoms with Crippen LogP contribution in [0.25, 0.3) is 0 Å². The van der Waals surface area contributed by atoms with Crippen LogP contribution in [0.15, 0.2) is 39.9 Å². The van der Waals surface area contributed by atoms with Gasteiger partial charge in [-0.3, -0.25) is 0 Å². The van der Waals surface area contributed by atoms with E-state index < -0.39 is 5.54 Å². The van der Waals surface area contributed by atoms with Gasteiger partial charge in [-0.25, -0.2) is 9.98 Å². The SMILES string of the molecule is NC1=N[C@@]2(CS1)c1cc(I)ccc1Oc1ncc(Br)cc12. The summed E-state index contributed by atoms with van der Waals surface area (Å²) in [6.45, 7) is 0. The molecule has 0 aliphatic carbocycles. The average Bonchev–Trinajstić information content (AvgIpc) is 2.84. The first-order valence-corrected chi connectivity index (χ1v) is 9.06. The molecular weight excluding hydrogens is 465 g/mol. The van der Waals surface area contributed by atoms with Crippen molar-refractivity contribution in [2.24, 2.45) is 10.7 Å². The Bertz CT molecular complexity index is 744. The Labute approximate surface area is 147 Å². The molecule has 4 nitrogen and oxygen atoms in total. The van der Waals surface area contributed by atoms with Crippen LogP contribution in [-0.4, -0.2) is 15.9 Å². The molecule has 2 aromatic rings. The van der Waals surface area contributed by atoms with Crippen LogP contribution in [0.1, 0.15) is 11.1 Å². The molecule has 0 amide bonds. The summed E-state index contributed by atoms with van der Waals surface area (Å²) in [5, 5.41) is 0.604. The Balaban J connectivity index is 2.05. The number of pyridine rings is 1. The second-order valence-corrected chi connectivity index (χ2v) is 8.00. The number of nitrogens with two attached hydrogens (primary N) is 1. The number of nitrogens with zero attached hydrogens (tertiary/aromatic N) is 2. The molecular formula is C14H9BrIN3OS. The van der Waals surface area contributed by atoms with Crippen molar-refractivity contribution >= 4 is 55.5 Å². The Morgan fingerprint density at radius 3 is 2.95 bits per heavy atom. The zero-order valence-corrected chi connectivity index (χ0v) is 15.2. The molecule has 2 N–H and O–H groups in total. The first-order valence-electron chi connectivity index (χ1n) is 6.20. The van der Waals surface area contributed by atoms with Gasteiger partial charge in [-0.2, -0.15) is 0 Å². The van der Waals surface area contributed by atoms with Gasteiger partial charge < -0.3 is 10.5 Å². The maximum Gasteiger partial charge on any atom is 0.225 e. The molecule has 21 heavy (non-hydrogen) atoms. The third-order valence-electron chi connectivity index (χ3n) is 3.59. The van der Waals surface area contributed by atoms with Crippen molar-refractivity contribution in [3.8, 4) is 11.6 Å². The lowest BCUT2D eigenvalue weighted by Crippen LogP contribution is -2.30. The van der Waals surface area contributed by atoms with E-state index in [2.05, 4.69) is 49.6 Å². The third kappa shape index (κ3) is 2.08. The van der Waals surface area contributed by atoms with Gasteiger partial charge in [-0.05, 0) is 62.8 Å². The van der Waals surface area contributed by atoms with E-state index in [-0.39, 0.29) is 0 Å². The summed E-state index contributed by atoms with van der Waals surface area (Å²) >= 11 is 7.35. The standard InChI is InChI=1S/C14H9BrIN3OS/c15-7-3-10-12(18-5-7)20-11-2-1-8(16)4-9(11)14(10)6-21-13(17)19-14/h1-5H,6H2,(H2,17,19)/t14-/m0/s1. The van der Waals surface area contributed by atoms with E-state index in [9.17, 15) is 0 Å². The van der Waals surface area contributed by atoms with Gasteiger partial charge in [-0.1, -0.05) is 11.8 Å². The van der Waals surface area contributed by atoms with Gasteiger partial charge in [0, 0.05) is 31.1 Å². The zero-order valence-electron chi connectivity index (χ0n) is 10.6. The van der Waals surface area contributed by atoms with E-state index >= 15 is 0 Å². The number of thioether (sulfide) groups is 1. The summed E-state index contributed by atoms with van der Waals surface area (Å²) in [6.07, 6.45) is 1.74. The van der Waals surface area contributed by atoms with E-state index in [0.29, 0.717) is 11.0 Å². The summed E-state index contributed by atoms with van der Waals surface area (Å²) in [7, 11) is 0. The molecule has 0 bridgehead atoms. The van der Waals surface area contributed by atoms with E-state index in [0.717, 1.165) is 30.7 Å². The fraction of sp³-hybridized carbons (Fsp3) is 0.143. The van der Waals surface area contributed by atoms with Crippen molar-refractivity contribution < 1.29 is 4.74 Å². The van der Waals surface area contributed by atoms with Gasteiger partial charge in [0.05, 0.1) is 0 Å². The lowest BCUT2D eigenvalue weighted by molar-refractivity contribution is 0.399. The highest BCUT2D eigenvalue weighted by atomic mass is 127. The second kappa shape index (κ2) is 4.85. The smallest absolute Gasteiger partial charge is 0.225 e. The van der Waals surface area contributed by atoms with E-state index in [1.807, 2.05) is 18.2 Å². The molecule has 1 atom stereocenters. The third-order valence-corrected chi connectivity index (χ3v) is 5.64. The Hall–Kier alpha value is -0.800. The van der Waals surface area contributed by atoms with Crippen LogP contribution in [0.5, 0.6) is 11.6 Å². The predicted octanol–water partition coefficient (Wildman–Crippen LogP) is 3.86. The number of hydrogen-bond acceptors (Lipinski definition) is 5. The maximum absolute atomic E-state index is 5.97. The monoisotopic (exact) mass is 473 g/mol. The van der Waals surface area contributed by atoms with Crippen molar-refractivity contribution in [3.63, 3.8) is 0 Å². The second-order valence-electron chi connectivity index (χ2n) is 4.85. The summed E-state index contributed by atoms with van der Waals surface area (Å²) < 4.78 is 8.01. The first-order chi connectivity index (χ1) is 10.1. The van der Waals surface area contributed by atoms with Gasteiger partial charge in [0.25, 0.3) is 0 Å². The predicted molar refractivity (Wildman–Crippen MR) is 96.0 cm³/mol. The van der Waals surface area contributed by atoms with Crippen molar-refractivity contribution in [1.82, 2.24) is 4.98 Å². The molecule has 1 aromatic heterocycles. The molecule has 0 radical (unpaired) electrons.